The summed E-state index contributed by atoms with van der Waals surface area (Å²) in [6.07, 6.45) is 3.31. The maximum atomic E-state index is 11.1. The second kappa shape index (κ2) is 4.77. The van der Waals surface area contributed by atoms with Gasteiger partial charge in [0.05, 0.1) is 11.4 Å². The van der Waals surface area contributed by atoms with Gasteiger partial charge in [0.15, 0.2) is 0 Å². The molecule has 2 heterocycles. The Balaban J connectivity index is 2.40. The third-order valence-electron chi connectivity index (χ3n) is 2.35. The summed E-state index contributed by atoms with van der Waals surface area (Å²) in [6, 6.07) is 1.50. The first-order valence-corrected chi connectivity index (χ1v) is 5.93. The molecule has 0 aliphatic heterocycles. The minimum atomic E-state index is -1.03. The molecule has 0 atom stereocenters. The fourth-order valence-corrected chi connectivity index (χ4v) is 1.88. The Labute approximate surface area is 112 Å². The number of hydrogen-bond acceptors (Lipinski definition) is 4. The molecule has 0 radical (unpaired) electrons. The first kappa shape index (κ1) is 12.6. The molecule has 0 fully saturated rings. The van der Waals surface area contributed by atoms with E-state index in [1.807, 2.05) is 6.92 Å². The van der Waals surface area contributed by atoms with Crippen molar-refractivity contribution in [3.05, 3.63) is 34.2 Å². The van der Waals surface area contributed by atoms with E-state index in [0.717, 1.165) is 11.4 Å². The van der Waals surface area contributed by atoms with Crippen molar-refractivity contribution in [3.63, 3.8) is 0 Å². The minimum absolute atomic E-state index is 0.104. The lowest BCUT2D eigenvalue weighted by Crippen LogP contribution is -2.05. The molecule has 2 rings (SSSR count). The van der Waals surface area contributed by atoms with Crippen LogP contribution in [-0.2, 0) is 7.05 Å². The van der Waals surface area contributed by atoms with Crippen LogP contribution >= 0.6 is 15.9 Å². The van der Waals surface area contributed by atoms with E-state index in [1.54, 1.807) is 24.1 Å². The van der Waals surface area contributed by atoms with Crippen LogP contribution in [0.3, 0.4) is 0 Å². The Hall–Kier alpha value is -1.89. The molecule has 0 saturated carbocycles. The highest BCUT2D eigenvalue weighted by Gasteiger charge is 2.14. The Morgan fingerprint density at radius 1 is 1.56 bits per heavy atom. The average molecular weight is 311 g/mol. The van der Waals surface area contributed by atoms with Crippen LogP contribution in [0.2, 0.25) is 0 Å². The van der Waals surface area contributed by atoms with Gasteiger partial charge in [0.2, 0.25) is 0 Å². The zero-order valence-electron chi connectivity index (χ0n) is 9.81. The van der Waals surface area contributed by atoms with Gasteiger partial charge in [0.1, 0.15) is 11.4 Å². The first-order valence-electron chi connectivity index (χ1n) is 5.13. The molecule has 0 aromatic carbocycles. The number of aromatic carboxylic acids is 1. The molecular formula is C11H11BrN4O2. The van der Waals surface area contributed by atoms with E-state index in [-0.39, 0.29) is 5.56 Å². The highest BCUT2D eigenvalue weighted by Crippen LogP contribution is 2.23. The first-order chi connectivity index (χ1) is 8.47. The lowest BCUT2D eigenvalue weighted by Gasteiger charge is -2.07. The monoisotopic (exact) mass is 310 g/mol. The van der Waals surface area contributed by atoms with Crippen molar-refractivity contribution in [2.75, 3.05) is 5.32 Å². The van der Waals surface area contributed by atoms with Crippen molar-refractivity contribution in [2.24, 2.45) is 7.05 Å². The Morgan fingerprint density at radius 3 is 2.83 bits per heavy atom. The van der Waals surface area contributed by atoms with Crippen molar-refractivity contribution >= 4 is 33.4 Å². The molecule has 2 N–H and O–H groups in total. The number of aromatic nitrogens is 3. The molecule has 94 valence electrons. The summed E-state index contributed by atoms with van der Waals surface area (Å²) >= 11 is 3.20. The minimum Gasteiger partial charge on any atom is -0.478 e. The summed E-state index contributed by atoms with van der Waals surface area (Å²) in [5, 5.41) is 16.3. The number of nitrogens with one attached hydrogen (secondary N) is 1. The summed E-state index contributed by atoms with van der Waals surface area (Å²) < 4.78 is 2.27. The zero-order valence-corrected chi connectivity index (χ0v) is 11.4. The predicted octanol–water partition coefficient (Wildman–Crippen LogP) is 2.33. The van der Waals surface area contributed by atoms with E-state index in [0.29, 0.717) is 10.3 Å². The standard InChI is InChI=1S/C11H11BrN4O2/c1-6-9(5-16(2)15-6)14-10-8(11(17)18)3-7(12)4-13-10/h3-5H,1-2H3,(H,13,14)(H,17,18). The fraction of sp³-hybridized carbons (Fsp3) is 0.182. The summed E-state index contributed by atoms with van der Waals surface area (Å²) in [5.74, 6) is -0.741. The number of rotatable bonds is 3. The SMILES string of the molecule is Cc1nn(C)cc1Nc1ncc(Br)cc1C(=O)O. The van der Waals surface area contributed by atoms with Gasteiger partial charge in [-0.05, 0) is 28.9 Å². The molecule has 0 spiro atoms. The number of carboxylic acid groups (broad SMARTS) is 1. The highest BCUT2D eigenvalue weighted by atomic mass is 79.9. The molecule has 2 aromatic heterocycles. The number of halogens is 1. The molecule has 0 aliphatic rings. The van der Waals surface area contributed by atoms with Crippen molar-refractivity contribution < 1.29 is 9.90 Å². The molecule has 0 saturated heterocycles. The second-order valence-corrected chi connectivity index (χ2v) is 4.70. The summed E-state index contributed by atoms with van der Waals surface area (Å²) in [4.78, 5) is 15.2. The van der Waals surface area contributed by atoms with Gasteiger partial charge in [-0.25, -0.2) is 9.78 Å². The summed E-state index contributed by atoms with van der Waals surface area (Å²) in [7, 11) is 1.80. The molecule has 2 aromatic rings. The van der Waals surface area contributed by atoms with Crippen molar-refractivity contribution in [2.45, 2.75) is 6.92 Å². The molecule has 0 unspecified atom stereocenters. The number of nitrogens with zero attached hydrogens (tertiary/aromatic N) is 3. The number of hydrogen-bond donors (Lipinski definition) is 2. The Morgan fingerprint density at radius 2 is 2.28 bits per heavy atom. The van der Waals surface area contributed by atoms with Gasteiger partial charge in [-0.1, -0.05) is 0 Å². The number of anilines is 2. The van der Waals surface area contributed by atoms with Crippen LogP contribution < -0.4 is 5.32 Å². The van der Waals surface area contributed by atoms with Gasteiger partial charge in [0, 0.05) is 23.9 Å². The highest BCUT2D eigenvalue weighted by molar-refractivity contribution is 9.10. The fourth-order valence-electron chi connectivity index (χ4n) is 1.55. The summed E-state index contributed by atoms with van der Waals surface area (Å²) in [5.41, 5.74) is 1.61. The Bertz CT molecular complexity index is 609. The van der Waals surface area contributed by atoms with Gasteiger partial charge < -0.3 is 10.4 Å². The van der Waals surface area contributed by atoms with Gasteiger partial charge in [-0.3, -0.25) is 4.68 Å². The molecule has 6 nitrogen and oxygen atoms in total. The molecule has 0 aliphatic carbocycles. The van der Waals surface area contributed by atoms with Crippen LogP contribution in [0.4, 0.5) is 11.5 Å². The van der Waals surface area contributed by atoms with Gasteiger partial charge in [-0.2, -0.15) is 5.10 Å². The van der Waals surface area contributed by atoms with E-state index in [4.69, 9.17) is 5.11 Å². The van der Waals surface area contributed by atoms with Crippen molar-refractivity contribution in [3.8, 4) is 0 Å². The van der Waals surface area contributed by atoms with Crippen LogP contribution in [0.25, 0.3) is 0 Å². The molecule has 0 bridgehead atoms. The van der Waals surface area contributed by atoms with Gasteiger partial charge >= 0.3 is 5.97 Å². The van der Waals surface area contributed by atoms with Gasteiger partial charge in [-0.15, -0.1) is 0 Å². The smallest absolute Gasteiger partial charge is 0.339 e. The van der Waals surface area contributed by atoms with E-state index in [9.17, 15) is 4.79 Å². The van der Waals surface area contributed by atoms with Crippen LogP contribution in [-0.4, -0.2) is 25.8 Å². The van der Waals surface area contributed by atoms with Crippen molar-refractivity contribution in [1.29, 1.82) is 0 Å². The normalized spacial score (nSPS) is 10.4. The molecule has 18 heavy (non-hydrogen) atoms. The topological polar surface area (TPSA) is 80.0 Å². The average Bonchev–Trinajstić information content (AvgIpc) is 2.60. The number of aryl methyl sites for hydroxylation is 2. The third-order valence-corrected chi connectivity index (χ3v) is 2.78. The predicted molar refractivity (Wildman–Crippen MR) is 70.1 cm³/mol. The molecule has 7 heteroatoms. The number of carboxylic acids is 1. The van der Waals surface area contributed by atoms with E-state index in [1.165, 1.54) is 6.07 Å². The summed E-state index contributed by atoms with van der Waals surface area (Å²) in [6.45, 7) is 1.83. The second-order valence-electron chi connectivity index (χ2n) is 3.78. The lowest BCUT2D eigenvalue weighted by atomic mass is 10.2. The zero-order chi connectivity index (χ0) is 13.3. The van der Waals surface area contributed by atoms with E-state index >= 15 is 0 Å². The number of carbonyl (C=O) groups is 1. The lowest BCUT2D eigenvalue weighted by molar-refractivity contribution is 0.0697. The van der Waals surface area contributed by atoms with Crippen molar-refractivity contribution in [1.82, 2.24) is 14.8 Å². The van der Waals surface area contributed by atoms with Crippen LogP contribution in [0.15, 0.2) is 22.9 Å². The molecule has 0 amide bonds. The van der Waals surface area contributed by atoms with E-state index in [2.05, 4.69) is 31.3 Å². The van der Waals surface area contributed by atoms with Crippen LogP contribution in [0.5, 0.6) is 0 Å². The number of pyridine rings is 1. The van der Waals surface area contributed by atoms with Crippen LogP contribution in [0.1, 0.15) is 16.1 Å². The van der Waals surface area contributed by atoms with Gasteiger partial charge in [0.25, 0.3) is 0 Å². The maximum absolute atomic E-state index is 11.1. The van der Waals surface area contributed by atoms with E-state index < -0.39 is 5.97 Å². The Kier molecular flexibility index (Phi) is 3.33. The van der Waals surface area contributed by atoms with Crippen LogP contribution in [0, 0.1) is 6.92 Å². The molecular weight excluding hydrogens is 300 g/mol. The quantitative estimate of drug-likeness (QED) is 0.909. The largest absolute Gasteiger partial charge is 0.478 e. The maximum Gasteiger partial charge on any atom is 0.339 e. The third kappa shape index (κ3) is 2.51.